The first-order valence-corrected chi connectivity index (χ1v) is 7.85. The number of hydrogen-bond donors (Lipinski definition) is 2. The summed E-state index contributed by atoms with van der Waals surface area (Å²) in [5, 5.41) is 11.5. The van der Waals surface area contributed by atoms with E-state index in [0.29, 0.717) is 0 Å². The molecular formula is C12H18ClN3O3S. The van der Waals surface area contributed by atoms with E-state index in [0.717, 1.165) is 0 Å². The monoisotopic (exact) mass is 319 g/mol. The second-order valence-electron chi connectivity index (χ2n) is 4.48. The fourth-order valence-corrected chi connectivity index (χ4v) is 3.84. The Morgan fingerprint density at radius 1 is 1.45 bits per heavy atom. The molecule has 0 aliphatic carbocycles. The zero-order valence-electron chi connectivity index (χ0n) is 11.3. The maximum absolute atomic E-state index is 12.6. The van der Waals surface area contributed by atoms with Crippen LogP contribution in [-0.4, -0.2) is 36.4 Å². The zero-order valence-corrected chi connectivity index (χ0v) is 12.9. The minimum absolute atomic E-state index is 0.0231. The quantitative estimate of drug-likeness (QED) is 0.362. The highest BCUT2D eigenvalue weighted by atomic mass is 35.5. The Morgan fingerprint density at radius 3 is 2.55 bits per heavy atom. The largest absolute Gasteiger partial charge is 0.409 e. The number of benzene rings is 1. The van der Waals surface area contributed by atoms with Gasteiger partial charge in [0.05, 0.1) is 5.02 Å². The molecule has 0 spiro atoms. The molecule has 1 rings (SSSR count). The van der Waals surface area contributed by atoms with E-state index in [2.05, 4.69) is 5.16 Å². The van der Waals surface area contributed by atoms with E-state index in [9.17, 15) is 8.42 Å². The van der Waals surface area contributed by atoms with Crippen LogP contribution in [0.1, 0.15) is 20.3 Å². The molecule has 0 bridgehead atoms. The minimum atomic E-state index is -3.73. The minimum Gasteiger partial charge on any atom is -0.409 e. The standard InChI is InChI=1S/C12H18ClN3O3S/c1-9(2)16(8-7-12(14)15-17)20(18,19)11-6-4-3-5-10(11)13/h3-6,9,17H,7-8H2,1-2H3,(H2,14,15). The molecule has 0 fully saturated rings. The predicted octanol–water partition coefficient (Wildman–Crippen LogP) is 1.88. The third kappa shape index (κ3) is 3.84. The number of halogens is 1. The van der Waals surface area contributed by atoms with Crippen molar-refractivity contribution in [2.45, 2.75) is 31.2 Å². The Hall–Kier alpha value is -1.31. The average Bonchev–Trinajstić information content (AvgIpc) is 2.38. The second kappa shape index (κ2) is 6.92. The highest BCUT2D eigenvalue weighted by Crippen LogP contribution is 2.25. The number of hydrogen-bond acceptors (Lipinski definition) is 4. The first-order chi connectivity index (χ1) is 9.30. The first-order valence-electron chi connectivity index (χ1n) is 6.03. The van der Waals surface area contributed by atoms with Gasteiger partial charge in [-0.15, -0.1) is 0 Å². The Bertz CT molecular complexity index is 587. The summed E-state index contributed by atoms with van der Waals surface area (Å²) in [6.07, 6.45) is 0.137. The van der Waals surface area contributed by atoms with E-state index in [-0.39, 0.29) is 34.8 Å². The molecule has 0 heterocycles. The van der Waals surface area contributed by atoms with Gasteiger partial charge in [-0.1, -0.05) is 28.9 Å². The summed E-state index contributed by atoms with van der Waals surface area (Å²) in [5.41, 5.74) is 5.39. The van der Waals surface area contributed by atoms with Crippen LogP contribution in [0, 0.1) is 0 Å². The van der Waals surface area contributed by atoms with E-state index in [1.165, 1.54) is 16.4 Å². The lowest BCUT2D eigenvalue weighted by atomic mass is 10.3. The van der Waals surface area contributed by atoms with Gasteiger partial charge >= 0.3 is 0 Å². The molecule has 0 radical (unpaired) electrons. The second-order valence-corrected chi connectivity index (χ2v) is 6.75. The molecule has 1 aromatic rings. The summed E-state index contributed by atoms with van der Waals surface area (Å²) in [6.45, 7) is 3.61. The lowest BCUT2D eigenvalue weighted by Gasteiger charge is -2.26. The summed E-state index contributed by atoms with van der Waals surface area (Å²) in [6, 6.07) is 5.98. The number of oxime groups is 1. The van der Waals surface area contributed by atoms with E-state index in [4.69, 9.17) is 22.5 Å². The van der Waals surface area contributed by atoms with Gasteiger partial charge in [0.15, 0.2) is 0 Å². The maximum atomic E-state index is 12.6. The van der Waals surface area contributed by atoms with Gasteiger partial charge in [0, 0.05) is 19.0 Å². The van der Waals surface area contributed by atoms with E-state index in [1.807, 2.05) is 0 Å². The van der Waals surface area contributed by atoms with Crippen molar-refractivity contribution < 1.29 is 13.6 Å². The number of nitrogens with zero attached hydrogens (tertiary/aromatic N) is 2. The van der Waals surface area contributed by atoms with E-state index >= 15 is 0 Å². The molecule has 112 valence electrons. The maximum Gasteiger partial charge on any atom is 0.244 e. The van der Waals surface area contributed by atoms with Gasteiger partial charge in [-0.2, -0.15) is 4.31 Å². The molecular weight excluding hydrogens is 302 g/mol. The third-order valence-electron chi connectivity index (χ3n) is 2.72. The molecule has 0 saturated carbocycles. The Labute approximate surface area is 123 Å². The van der Waals surface area contributed by atoms with Crippen LogP contribution < -0.4 is 5.73 Å². The molecule has 0 aliphatic rings. The zero-order chi connectivity index (χ0) is 15.3. The Balaban J connectivity index is 3.11. The summed E-state index contributed by atoms with van der Waals surface area (Å²) in [5.74, 6) is -0.0231. The van der Waals surface area contributed by atoms with Crippen LogP contribution in [0.25, 0.3) is 0 Å². The van der Waals surface area contributed by atoms with Gasteiger partial charge in [0.2, 0.25) is 10.0 Å². The fourth-order valence-electron chi connectivity index (χ4n) is 1.71. The summed E-state index contributed by atoms with van der Waals surface area (Å²) in [7, 11) is -3.73. The van der Waals surface area contributed by atoms with Gasteiger partial charge in [-0.3, -0.25) is 0 Å². The molecule has 0 amide bonds. The molecule has 6 nitrogen and oxygen atoms in total. The van der Waals surface area contributed by atoms with Crippen LogP contribution in [-0.2, 0) is 10.0 Å². The molecule has 0 aliphatic heterocycles. The summed E-state index contributed by atoms with van der Waals surface area (Å²) >= 11 is 5.95. The van der Waals surface area contributed by atoms with Crippen molar-refractivity contribution in [1.29, 1.82) is 0 Å². The van der Waals surface area contributed by atoms with Crippen molar-refractivity contribution in [3.63, 3.8) is 0 Å². The van der Waals surface area contributed by atoms with Crippen LogP contribution in [0.4, 0.5) is 0 Å². The van der Waals surface area contributed by atoms with Gasteiger partial charge in [-0.25, -0.2) is 8.42 Å². The predicted molar refractivity (Wildman–Crippen MR) is 78.5 cm³/mol. The molecule has 0 aromatic heterocycles. The van der Waals surface area contributed by atoms with Gasteiger partial charge in [0.1, 0.15) is 10.7 Å². The molecule has 3 N–H and O–H groups in total. The number of nitrogens with two attached hydrogens (primary N) is 1. The smallest absolute Gasteiger partial charge is 0.244 e. The van der Waals surface area contributed by atoms with Crippen LogP contribution in [0.2, 0.25) is 5.02 Å². The summed E-state index contributed by atoms with van der Waals surface area (Å²) < 4.78 is 26.5. The van der Waals surface area contributed by atoms with E-state index < -0.39 is 10.0 Å². The molecule has 8 heteroatoms. The van der Waals surface area contributed by atoms with Crippen molar-refractivity contribution in [2.24, 2.45) is 10.9 Å². The third-order valence-corrected chi connectivity index (χ3v) is 5.29. The van der Waals surface area contributed by atoms with E-state index in [1.54, 1.807) is 26.0 Å². The highest BCUT2D eigenvalue weighted by molar-refractivity contribution is 7.89. The number of amidine groups is 1. The Morgan fingerprint density at radius 2 is 2.05 bits per heavy atom. The fraction of sp³-hybridized carbons (Fsp3) is 0.417. The van der Waals surface area contributed by atoms with Crippen molar-refractivity contribution in [2.75, 3.05) is 6.54 Å². The molecule has 0 unspecified atom stereocenters. The van der Waals surface area contributed by atoms with Crippen LogP contribution in [0.15, 0.2) is 34.3 Å². The normalized spacial score (nSPS) is 13.2. The molecule has 0 saturated heterocycles. The Kier molecular flexibility index (Phi) is 5.79. The lowest BCUT2D eigenvalue weighted by molar-refractivity contribution is 0.313. The topological polar surface area (TPSA) is 96.0 Å². The van der Waals surface area contributed by atoms with Gasteiger partial charge in [0.25, 0.3) is 0 Å². The molecule has 0 atom stereocenters. The summed E-state index contributed by atoms with van der Waals surface area (Å²) in [4.78, 5) is 0.0508. The molecule has 1 aromatic carbocycles. The SMILES string of the molecule is CC(C)N(CCC(N)=NO)S(=O)(=O)c1ccccc1Cl. The van der Waals surface area contributed by atoms with Crippen molar-refractivity contribution >= 4 is 27.5 Å². The van der Waals surface area contributed by atoms with Gasteiger partial charge in [-0.05, 0) is 26.0 Å². The van der Waals surface area contributed by atoms with Crippen molar-refractivity contribution in [3.8, 4) is 0 Å². The number of rotatable bonds is 6. The highest BCUT2D eigenvalue weighted by Gasteiger charge is 2.28. The van der Waals surface area contributed by atoms with Crippen LogP contribution >= 0.6 is 11.6 Å². The van der Waals surface area contributed by atoms with Gasteiger partial charge < -0.3 is 10.9 Å². The number of sulfonamides is 1. The van der Waals surface area contributed by atoms with Crippen molar-refractivity contribution in [1.82, 2.24) is 4.31 Å². The molecule has 20 heavy (non-hydrogen) atoms. The van der Waals surface area contributed by atoms with Crippen LogP contribution in [0.3, 0.4) is 0 Å². The first kappa shape index (κ1) is 16.7. The van der Waals surface area contributed by atoms with Crippen LogP contribution in [0.5, 0.6) is 0 Å². The average molecular weight is 320 g/mol. The lowest BCUT2D eigenvalue weighted by Crippen LogP contribution is -2.39. The van der Waals surface area contributed by atoms with Crippen molar-refractivity contribution in [3.05, 3.63) is 29.3 Å².